The zero-order valence-electron chi connectivity index (χ0n) is 16.2. The summed E-state index contributed by atoms with van der Waals surface area (Å²) < 4.78 is 6.42. The van der Waals surface area contributed by atoms with Crippen molar-refractivity contribution in [1.29, 1.82) is 0 Å². The lowest BCUT2D eigenvalue weighted by Gasteiger charge is -2.18. The van der Waals surface area contributed by atoms with E-state index >= 15 is 0 Å². The molecule has 0 aliphatic rings. The number of nitro benzene ring substituents is 1. The van der Waals surface area contributed by atoms with Gasteiger partial charge in [-0.05, 0) is 26.3 Å². The third-order valence-electron chi connectivity index (χ3n) is 4.04. The van der Waals surface area contributed by atoms with E-state index in [0.717, 1.165) is 10.6 Å². The Morgan fingerprint density at radius 1 is 1.21 bits per heavy atom. The molecule has 1 aromatic heterocycles. The van der Waals surface area contributed by atoms with Crippen LogP contribution in [-0.4, -0.2) is 40.4 Å². The number of hydrogen-bond donors (Lipinski definition) is 1. The van der Waals surface area contributed by atoms with Crippen LogP contribution in [0.4, 0.5) is 5.69 Å². The maximum atomic E-state index is 13.0. The van der Waals surface area contributed by atoms with Gasteiger partial charge in [-0.15, -0.1) is 0 Å². The summed E-state index contributed by atoms with van der Waals surface area (Å²) in [5, 5.41) is 13.6. The summed E-state index contributed by atoms with van der Waals surface area (Å²) in [4.78, 5) is 48.4. The summed E-state index contributed by atoms with van der Waals surface area (Å²) in [6.07, 6.45) is 1.94. The molecule has 0 unspecified atom stereocenters. The number of nitro groups is 1. The van der Waals surface area contributed by atoms with Crippen molar-refractivity contribution < 1.29 is 19.2 Å². The molecule has 9 nitrogen and oxygen atoms in total. The van der Waals surface area contributed by atoms with Crippen LogP contribution in [0.5, 0.6) is 0 Å². The molecule has 0 aliphatic carbocycles. The second kappa shape index (κ2) is 10.3. The van der Waals surface area contributed by atoms with Crippen LogP contribution in [0.15, 0.2) is 53.5 Å². The number of nitrogens with one attached hydrogen (secondary N) is 1. The zero-order valence-corrected chi connectivity index (χ0v) is 16.2. The van der Waals surface area contributed by atoms with E-state index in [-0.39, 0.29) is 23.9 Å². The van der Waals surface area contributed by atoms with E-state index < -0.39 is 28.2 Å². The van der Waals surface area contributed by atoms with Crippen molar-refractivity contribution in [2.75, 3.05) is 13.2 Å². The van der Waals surface area contributed by atoms with Crippen LogP contribution in [0.25, 0.3) is 0 Å². The molecule has 1 amide bonds. The summed E-state index contributed by atoms with van der Waals surface area (Å²) in [7, 11) is 0. The normalized spacial score (nSPS) is 11.8. The number of carbonyl (C=O) groups is 2. The summed E-state index contributed by atoms with van der Waals surface area (Å²) in [6, 6.07) is 7.85. The van der Waals surface area contributed by atoms with Crippen LogP contribution in [0.3, 0.4) is 0 Å². The largest absolute Gasteiger partial charge is 0.379 e. The van der Waals surface area contributed by atoms with Gasteiger partial charge in [0, 0.05) is 43.1 Å². The molecule has 0 saturated heterocycles. The van der Waals surface area contributed by atoms with Crippen molar-refractivity contribution in [2.45, 2.75) is 32.4 Å². The van der Waals surface area contributed by atoms with E-state index in [2.05, 4.69) is 5.32 Å². The predicted molar refractivity (Wildman–Crippen MR) is 106 cm³/mol. The average molecular weight is 401 g/mol. The Balaban J connectivity index is 2.26. The Kier molecular flexibility index (Phi) is 7.79. The number of ether oxygens (including phenoxy) is 1. The van der Waals surface area contributed by atoms with Crippen LogP contribution in [0.1, 0.15) is 36.7 Å². The maximum Gasteiger partial charge on any atom is 0.270 e. The van der Waals surface area contributed by atoms with E-state index in [1.807, 2.05) is 13.8 Å². The third kappa shape index (κ3) is 6.08. The third-order valence-corrected chi connectivity index (χ3v) is 4.04. The first-order chi connectivity index (χ1) is 13.8. The second-order valence-electron chi connectivity index (χ2n) is 6.58. The number of ketones is 1. The topological polar surface area (TPSA) is 121 Å². The lowest BCUT2D eigenvalue weighted by Crippen LogP contribution is -2.41. The molecule has 154 valence electrons. The second-order valence-corrected chi connectivity index (χ2v) is 6.58. The number of carbonyl (C=O) groups excluding carboxylic acids is 2. The SMILES string of the molecule is CC(C)OCCCNC(=O)[C@@H](C(=O)c1cccc([N+](=O)[O-])c1)n1ccccc1=O. The Morgan fingerprint density at radius 3 is 2.62 bits per heavy atom. The zero-order chi connectivity index (χ0) is 21.4. The molecule has 0 bridgehead atoms. The van der Waals surface area contributed by atoms with Gasteiger partial charge in [-0.2, -0.15) is 0 Å². The van der Waals surface area contributed by atoms with E-state index in [1.165, 1.54) is 42.6 Å². The number of nitrogens with zero attached hydrogens (tertiary/aromatic N) is 2. The molecular formula is C20H23N3O6. The van der Waals surface area contributed by atoms with Gasteiger partial charge < -0.3 is 10.1 Å². The lowest BCUT2D eigenvalue weighted by atomic mass is 10.0. The average Bonchev–Trinajstić information content (AvgIpc) is 2.69. The maximum absolute atomic E-state index is 13.0. The van der Waals surface area contributed by atoms with Gasteiger partial charge in [0.2, 0.25) is 0 Å². The van der Waals surface area contributed by atoms with E-state index in [4.69, 9.17) is 4.74 Å². The van der Waals surface area contributed by atoms with E-state index in [9.17, 15) is 24.5 Å². The molecule has 1 N–H and O–H groups in total. The van der Waals surface area contributed by atoms with Crippen molar-refractivity contribution >= 4 is 17.4 Å². The van der Waals surface area contributed by atoms with Crippen LogP contribution >= 0.6 is 0 Å². The molecule has 0 fully saturated rings. The van der Waals surface area contributed by atoms with Crippen molar-refractivity contribution in [3.63, 3.8) is 0 Å². The van der Waals surface area contributed by atoms with Gasteiger partial charge in [0.1, 0.15) is 0 Å². The number of hydrogen-bond acceptors (Lipinski definition) is 6. The molecule has 29 heavy (non-hydrogen) atoms. The first kappa shape index (κ1) is 22.0. The van der Waals surface area contributed by atoms with E-state index in [1.54, 1.807) is 0 Å². The molecule has 0 spiro atoms. The summed E-state index contributed by atoms with van der Waals surface area (Å²) in [6.45, 7) is 4.49. The fourth-order valence-corrected chi connectivity index (χ4v) is 2.65. The summed E-state index contributed by atoms with van der Waals surface area (Å²) in [5.41, 5.74) is -0.839. The van der Waals surface area contributed by atoms with Gasteiger partial charge in [0.25, 0.3) is 17.2 Å². The monoisotopic (exact) mass is 401 g/mol. The summed E-state index contributed by atoms with van der Waals surface area (Å²) in [5.74, 6) is -1.38. The van der Waals surface area contributed by atoms with Gasteiger partial charge in [-0.3, -0.25) is 29.1 Å². The minimum Gasteiger partial charge on any atom is -0.379 e. The number of amides is 1. The Hall–Kier alpha value is -3.33. The molecule has 0 aliphatic heterocycles. The number of benzene rings is 1. The minimum absolute atomic E-state index is 0.0294. The Labute approximate surface area is 167 Å². The van der Waals surface area contributed by atoms with Crippen molar-refractivity contribution in [3.05, 3.63) is 74.7 Å². The van der Waals surface area contributed by atoms with Crippen molar-refractivity contribution in [2.24, 2.45) is 0 Å². The predicted octanol–water partition coefficient (Wildman–Crippen LogP) is 2.11. The summed E-state index contributed by atoms with van der Waals surface area (Å²) >= 11 is 0. The standard InChI is InChI=1S/C20H23N3O6/c1-14(2)29-12-6-10-21-20(26)18(22-11-4-3-9-17(22)24)19(25)15-7-5-8-16(13-15)23(27)28/h3-5,7-9,11,13-14,18H,6,10,12H2,1-2H3,(H,21,26)/t18-/m1/s1. The Morgan fingerprint density at radius 2 is 1.97 bits per heavy atom. The van der Waals surface area contributed by atoms with Crippen molar-refractivity contribution in [3.8, 4) is 0 Å². The first-order valence-electron chi connectivity index (χ1n) is 9.16. The molecule has 9 heteroatoms. The fourth-order valence-electron chi connectivity index (χ4n) is 2.65. The quantitative estimate of drug-likeness (QED) is 0.214. The number of rotatable bonds is 10. The molecular weight excluding hydrogens is 378 g/mol. The smallest absolute Gasteiger partial charge is 0.270 e. The fraction of sp³-hybridized carbons (Fsp3) is 0.350. The highest BCUT2D eigenvalue weighted by atomic mass is 16.6. The van der Waals surface area contributed by atoms with Crippen LogP contribution in [0.2, 0.25) is 0 Å². The highest BCUT2D eigenvalue weighted by Crippen LogP contribution is 2.19. The van der Waals surface area contributed by atoms with Crippen molar-refractivity contribution in [1.82, 2.24) is 9.88 Å². The van der Waals surface area contributed by atoms with E-state index in [0.29, 0.717) is 13.0 Å². The highest BCUT2D eigenvalue weighted by Gasteiger charge is 2.30. The Bertz CT molecular complexity index is 938. The molecule has 2 rings (SSSR count). The molecule has 0 saturated carbocycles. The molecule has 1 atom stereocenters. The number of non-ortho nitro benzene ring substituents is 1. The number of Topliss-reactive ketones (excluding diaryl/α,β-unsaturated/α-hetero) is 1. The number of pyridine rings is 1. The van der Waals surface area contributed by atoms with Crippen LogP contribution in [-0.2, 0) is 9.53 Å². The molecule has 2 aromatic rings. The number of aromatic nitrogens is 1. The minimum atomic E-state index is -1.48. The molecule has 0 radical (unpaired) electrons. The molecule has 1 aromatic carbocycles. The first-order valence-corrected chi connectivity index (χ1v) is 9.16. The van der Waals surface area contributed by atoms with Gasteiger partial charge in [-0.25, -0.2) is 0 Å². The lowest BCUT2D eigenvalue weighted by molar-refractivity contribution is -0.384. The van der Waals surface area contributed by atoms with Gasteiger partial charge in [-0.1, -0.05) is 18.2 Å². The van der Waals surface area contributed by atoms with Crippen LogP contribution in [0, 0.1) is 10.1 Å². The van der Waals surface area contributed by atoms with Crippen LogP contribution < -0.4 is 10.9 Å². The molecule has 1 heterocycles. The van der Waals surface area contributed by atoms with Gasteiger partial charge in [0.05, 0.1) is 11.0 Å². The highest BCUT2D eigenvalue weighted by molar-refractivity contribution is 6.12. The van der Waals surface area contributed by atoms with Gasteiger partial charge in [0.15, 0.2) is 11.8 Å². The van der Waals surface area contributed by atoms with Gasteiger partial charge >= 0.3 is 0 Å².